The van der Waals surface area contributed by atoms with Gasteiger partial charge in [0.05, 0.1) is 6.42 Å². The van der Waals surface area contributed by atoms with Crippen LogP contribution in [0.2, 0.25) is 0 Å². The van der Waals surface area contributed by atoms with Gasteiger partial charge in [0.2, 0.25) is 0 Å². The molecule has 0 amide bonds. The first-order valence-electron chi connectivity index (χ1n) is 5.80. The Morgan fingerprint density at radius 1 is 1.38 bits per heavy atom. The van der Waals surface area contributed by atoms with Crippen molar-refractivity contribution in [2.24, 2.45) is 0 Å². The Morgan fingerprint density at radius 3 is 2.50 bits per heavy atom. The van der Waals surface area contributed by atoms with Crippen molar-refractivity contribution in [3.8, 4) is 0 Å². The molecular weight excluding hydrogens is 222 g/mol. The van der Waals surface area contributed by atoms with Gasteiger partial charge in [-0.25, -0.2) is 0 Å². The molecule has 4 heteroatoms. The molecule has 0 aliphatic carbocycles. The van der Waals surface area contributed by atoms with Gasteiger partial charge in [-0.05, 0) is 40.0 Å². The number of carbonyl (C=O) groups excluding carboxylic acids is 1. The monoisotopic (exact) mass is 247 g/mol. The number of hydrogen-bond acceptors (Lipinski definition) is 4. The topological polar surface area (TPSA) is 38.3 Å². The molecule has 0 aliphatic heterocycles. The summed E-state index contributed by atoms with van der Waals surface area (Å²) in [7, 11) is 0. The Kier molecular flexibility index (Phi) is 7.85. The van der Waals surface area contributed by atoms with Crippen LogP contribution in [-0.4, -0.2) is 36.2 Å². The van der Waals surface area contributed by atoms with Crippen molar-refractivity contribution in [3.05, 3.63) is 0 Å². The van der Waals surface area contributed by atoms with Crippen molar-refractivity contribution >= 4 is 17.7 Å². The normalized spacial score (nSPS) is 13.6. The van der Waals surface area contributed by atoms with Crippen molar-refractivity contribution in [2.75, 3.05) is 19.3 Å². The molecule has 0 spiro atoms. The quantitative estimate of drug-likeness (QED) is 0.554. The van der Waals surface area contributed by atoms with E-state index in [4.69, 9.17) is 4.74 Å². The smallest absolute Gasteiger partial charge is 0.307 e. The summed E-state index contributed by atoms with van der Waals surface area (Å²) in [5.74, 6) is -0.127. The predicted octanol–water partition coefficient (Wildman–Crippen LogP) is 2.45. The maximum absolute atomic E-state index is 11.3. The number of carbonyl (C=O) groups is 1. The zero-order valence-electron chi connectivity index (χ0n) is 11.1. The summed E-state index contributed by atoms with van der Waals surface area (Å²) in [5.41, 5.74) is -0.371. The molecule has 1 unspecified atom stereocenters. The average Bonchev–Trinajstić information content (AvgIpc) is 2.14. The van der Waals surface area contributed by atoms with E-state index in [1.165, 1.54) is 0 Å². The molecule has 0 bridgehead atoms. The minimum Gasteiger partial charge on any atom is -0.460 e. The van der Waals surface area contributed by atoms with E-state index in [0.29, 0.717) is 18.2 Å². The lowest BCUT2D eigenvalue weighted by atomic mass is 10.2. The van der Waals surface area contributed by atoms with Gasteiger partial charge in [-0.3, -0.25) is 4.79 Å². The summed E-state index contributed by atoms with van der Waals surface area (Å²) in [6.45, 7) is 9.54. The maximum atomic E-state index is 11.3. The van der Waals surface area contributed by atoms with Gasteiger partial charge in [0, 0.05) is 11.8 Å². The second-order valence-corrected chi connectivity index (χ2v) is 6.20. The minimum absolute atomic E-state index is 0.127. The molecule has 0 saturated heterocycles. The molecule has 0 saturated carbocycles. The second kappa shape index (κ2) is 7.96. The summed E-state index contributed by atoms with van der Waals surface area (Å²) in [4.78, 5) is 11.3. The molecule has 0 aromatic rings. The molecule has 0 aromatic heterocycles. The van der Waals surface area contributed by atoms with E-state index in [0.717, 1.165) is 13.0 Å². The molecule has 0 rings (SSSR count). The van der Waals surface area contributed by atoms with Crippen molar-refractivity contribution in [3.63, 3.8) is 0 Å². The zero-order valence-corrected chi connectivity index (χ0v) is 11.9. The number of ether oxygens (including phenoxy) is 1. The summed E-state index contributed by atoms with van der Waals surface area (Å²) >= 11 is 1.87. The second-order valence-electron chi connectivity index (χ2n) is 4.92. The standard InChI is InChI=1S/C12H25NO2S/c1-10(16-5)6-8-13-9-7-11(14)15-12(2,3)4/h10,13H,6-9H2,1-5H3. The largest absolute Gasteiger partial charge is 0.460 e. The van der Waals surface area contributed by atoms with Gasteiger partial charge in [-0.1, -0.05) is 6.92 Å². The van der Waals surface area contributed by atoms with Crippen LogP contribution >= 0.6 is 11.8 Å². The SMILES string of the molecule is CSC(C)CCNCCC(=O)OC(C)(C)C. The highest BCUT2D eigenvalue weighted by Gasteiger charge is 2.15. The molecule has 1 atom stereocenters. The number of rotatable bonds is 7. The summed E-state index contributed by atoms with van der Waals surface area (Å²) in [5, 5.41) is 3.93. The molecule has 96 valence electrons. The van der Waals surface area contributed by atoms with Crippen LogP contribution in [0.5, 0.6) is 0 Å². The first-order valence-corrected chi connectivity index (χ1v) is 7.09. The van der Waals surface area contributed by atoms with E-state index in [1.807, 2.05) is 32.5 Å². The molecular formula is C12H25NO2S. The minimum atomic E-state index is -0.371. The van der Waals surface area contributed by atoms with Gasteiger partial charge < -0.3 is 10.1 Å². The van der Waals surface area contributed by atoms with Crippen molar-refractivity contribution in [1.29, 1.82) is 0 Å². The highest BCUT2D eigenvalue weighted by molar-refractivity contribution is 7.99. The van der Waals surface area contributed by atoms with E-state index in [-0.39, 0.29) is 11.6 Å². The van der Waals surface area contributed by atoms with Crippen LogP contribution in [0, 0.1) is 0 Å². The van der Waals surface area contributed by atoms with Crippen LogP contribution in [0.25, 0.3) is 0 Å². The van der Waals surface area contributed by atoms with E-state index in [2.05, 4.69) is 18.5 Å². The first-order chi connectivity index (χ1) is 7.35. The van der Waals surface area contributed by atoms with Crippen LogP contribution < -0.4 is 5.32 Å². The fraction of sp³-hybridized carbons (Fsp3) is 0.917. The lowest BCUT2D eigenvalue weighted by molar-refractivity contribution is -0.154. The Hall–Kier alpha value is -0.220. The van der Waals surface area contributed by atoms with Crippen molar-refractivity contribution in [2.45, 2.75) is 51.4 Å². The Balaban J connectivity index is 3.42. The van der Waals surface area contributed by atoms with Gasteiger partial charge in [-0.15, -0.1) is 0 Å². The Morgan fingerprint density at radius 2 is 2.00 bits per heavy atom. The zero-order chi connectivity index (χ0) is 12.6. The molecule has 0 heterocycles. The number of esters is 1. The van der Waals surface area contributed by atoms with Gasteiger partial charge in [0.1, 0.15) is 5.60 Å². The third kappa shape index (κ3) is 10.3. The third-order valence-corrected chi connectivity index (χ3v) is 3.10. The highest BCUT2D eigenvalue weighted by atomic mass is 32.2. The molecule has 1 N–H and O–H groups in total. The lowest BCUT2D eigenvalue weighted by Gasteiger charge is -2.19. The third-order valence-electron chi connectivity index (χ3n) is 2.06. The highest BCUT2D eigenvalue weighted by Crippen LogP contribution is 2.09. The molecule has 0 fully saturated rings. The van der Waals surface area contributed by atoms with Gasteiger partial charge in [-0.2, -0.15) is 11.8 Å². The fourth-order valence-electron chi connectivity index (χ4n) is 1.13. The first kappa shape index (κ1) is 15.8. The van der Waals surface area contributed by atoms with Crippen LogP contribution in [0.15, 0.2) is 0 Å². The van der Waals surface area contributed by atoms with Gasteiger partial charge >= 0.3 is 5.97 Å². The average molecular weight is 247 g/mol. The maximum Gasteiger partial charge on any atom is 0.307 e. The Labute approximate surface area is 104 Å². The van der Waals surface area contributed by atoms with E-state index in [1.54, 1.807) is 0 Å². The van der Waals surface area contributed by atoms with Crippen LogP contribution in [0.1, 0.15) is 40.5 Å². The van der Waals surface area contributed by atoms with E-state index in [9.17, 15) is 4.79 Å². The van der Waals surface area contributed by atoms with Crippen LogP contribution in [0.4, 0.5) is 0 Å². The summed E-state index contributed by atoms with van der Waals surface area (Å²) in [6, 6.07) is 0. The molecule has 16 heavy (non-hydrogen) atoms. The summed E-state index contributed by atoms with van der Waals surface area (Å²) < 4.78 is 5.20. The van der Waals surface area contributed by atoms with E-state index < -0.39 is 0 Å². The van der Waals surface area contributed by atoms with Crippen LogP contribution in [0.3, 0.4) is 0 Å². The lowest BCUT2D eigenvalue weighted by Crippen LogP contribution is -2.27. The number of thioether (sulfide) groups is 1. The van der Waals surface area contributed by atoms with Crippen LogP contribution in [-0.2, 0) is 9.53 Å². The van der Waals surface area contributed by atoms with Gasteiger partial charge in [0.15, 0.2) is 0 Å². The number of hydrogen-bond donors (Lipinski definition) is 1. The Bertz CT molecular complexity index is 202. The van der Waals surface area contributed by atoms with E-state index >= 15 is 0 Å². The van der Waals surface area contributed by atoms with Gasteiger partial charge in [0.25, 0.3) is 0 Å². The molecule has 0 aromatic carbocycles. The molecule has 0 radical (unpaired) electrons. The molecule has 0 aliphatic rings. The van der Waals surface area contributed by atoms with Crippen molar-refractivity contribution < 1.29 is 9.53 Å². The predicted molar refractivity (Wildman–Crippen MR) is 70.9 cm³/mol. The fourth-order valence-corrected chi connectivity index (χ4v) is 1.48. The molecule has 3 nitrogen and oxygen atoms in total. The summed E-state index contributed by atoms with van der Waals surface area (Å²) in [6.07, 6.45) is 3.70. The van der Waals surface area contributed by atoms with Crippen molar-refractivity contribution in [1.82, 2.24) is 5.32 Å². The number of nitrogens with one attached hydrogen (secondary N) is 1.